The summed E-state index contributed by atoms with van der Waals surface area (Å²) < 4.78 is 0. The van der Waals surface area contributed by atoms with Crippen molar-refractivity contribution in [3.05, 3.63) is 17.5 Å². The van der Waals surface area contributed by atoms with Gasteiger partial charge in [-0.2, -0.15) is 5.10 Å². The molecule has 0 aliphatic rings. The average molecular weight is 169 g/mol. The van der Waals surface area contributed by atoms with Gasteiger partial charge in [-0.3, -0.25) is 15.1 Å². The van der Waals surface area contributed by atoms with Crippen molar-refractivity contribution in [2.45, 2.75) is 13.8 Å². The van der Waals surface area contributed by atoms with Crippen LogP contribution in [-0.4, -0.2) is 32.9 Å². The molecule has 5 nitrogen and oxygen atoms in total. The highest BCUT2D eigenvalue weighted by Crippen LogP contribution is 2.05. The lowest BCUT2D eigenvalue weighted by atomic mass is 10.2. The number of rotatable bonds is 2. The lowest BCUT2D eigenvalue weighted by Crippen LogP contribution is -2.27. The number of nitrogens with zero attached hydrogens (tertiary/aromatic N) is 2. The Hall–Kier alpha value is -1.36. The van der Waals surface area contributed by atoms with Crippen LogP contribution in [0.5, 0.6) is 0 Å². The summed E-state index contributed by atoms with van der Waals surface area (Å²) in [6.45, 7) is 3.68. The summed E-state index contributed by atoms with van der Waals surface area (Å²) in [6.07, 6.45) is 1.40. The predicted molar refractivity (Wildman–Crippen MR) is 41.8 cm³/mol. The molecule has 1 aromatic heterocycles. The number of H-pyrrole nitrogens is 1. The van der Waals surface area contributed by atoms with Crippen LogP contribution in [0.4, 0.5) is 0 Å². The van der Waals surface area contributed by atoms with Crippen LogP contribution >= 0.6 is 0 Å². The standard InChI is InChI=1S/C7H11N3O2/c1-3-10(12)7(11)6-4-8-9-5(6)2/h4,12H,3H2,1-2H3,(H,8,9). The summed E-state index contributed by atoms with van der Waals surface area (Å²) in [4.78, 5) is 11.3. The van der Waals surface area contributed by atoms with Gasteiger partial charge in [0.1, 0.15) is 0 Å². The second-order valence-electron chi connectivity index (χ2n) is 2.43. The highest BCUT2D eigenvalue weighted by atomic mass is 16.5. The first-order chi connectivity index (χ1) is 5.66. The zero-order valence-corrected chi connectivity index (χ0v) is 7.03. The van der Waals surface area contributed by atoms with E-state index < -0.39 is 5.91 Å². The third-order valence-electron chi connectivity index (χ3n) is 1.59. The van der Waals surface area contributed by atoms with Crippen LogP contribution in [-0.2, 0) is 0 Å². The van der Waals surface area contributed by atoms with Gasteiger partial charge >= 0.3 is 0 Å². The lowest BCUT2D eigenvalue weighted by molar-refractivity contribution is -0.0542. The smallest absolute Gasteiger partial charge is 0.280 e. The number of hydroxylamine groups is 2. The number of aromatic nitrogens is 2. The van der Waals surface area contributed by atoms with Gasteiger partial charge in [0.2, 0.25) is 0 Å². The van der Waals surface area contributed by atoms with E-state index in [1.807, 2.05) is 0 Å². The average Bonchev–Trinajstić information content (AvgIpc) is 2.48. The van der Waals surface area contributed by atoms with E-state index >= 15 is 0 Å². The number of carbonyl (C=O) groups is 1. The van der Waals surface area contributed by atoms with Crippen molar-refractivity contribution in [1.82, 2.24) is 15.3 Å². The molecule has 0 aliphatic carbocycles. The molecule has 0 aromatic carbocycles. The molecule has 0 saturated heterocycles. The molecule has 0 bridgehead atoms. The van der Waals surface area contributed by atoms with Gasteiger partial charge in [0.05, 0.1) is 11.8 Å². The van der Waals surface area contributed by atoms with Gasteiger partial charge in [-0.25, -0.2) is 5.06 Å². The maximum atomic E-state index is 11.3. The van der Waals surface area contributed by atoms with Crippen molar-refractivity contribution < 1.29 is 10.0 Å². The van der Waals surface area contributed by atoms with Crippen LogP contribution in [0.1, 0.15) is 23.0 Å². The van der Waals surface area contributed by atoms with Crippen molar-refractivity contribution in [2.75, 3.05) is 6.54 Å². The van der Waals surface area contributed by atoms with Crippen LogP contribution in [0.25, 0.3) is 0 Å². The summed E-state index contributed by atoms with van der Waals surface area (Å²) in [5.74, 6) is -0.427. The third kappa shape index (κ3) is 1.45. The Morgan fingerprint density at radius 3 is 2.92 bits per heavy atom. The van der Waals surface area contributed by atoms with E-state index in [-0.39, 0.29) is 6.54 Å². The summed E-state index contributed by atoms with van der Waals surface area (Å²) in [6, 6.07) is 0. The van der Waals surface area contributed by atoms with Gasteiger partial charge in [-0.1, -0.05) is 0 Å². The molecule has 12 heavy (non-hydrogen) atoms. The van der Waals surface area contributed by atoms with E-state index in [2.05, 4.69) is 10.2 Å². The molecule has 0 spiro atoms. The number of aryl methyl sites for hydroxylation is 1. The van der Waals surface area contributed by atoms with Gasteiger partial charge < -0.3 is 0 Å². The van der Waals surface area contributed by atoms with Crippen molar-refractivity contribution >= 4 is 5.91 Å². The minimum atomic E-state index is -0.427. The van der Waals surface area contributed by atoms with Crippen LogP contribution in [0.15, 0.2) is 6.20 Å². The van der Waals surface area contributed by atoms with E-state index in [0.29, 0.717) is 16.3 Å². The Kier molecular flexibility index (Phi) is 2.44. The van der Waals surface area contributed by atoms with Crippen molar-refractivity contribution in [3.63, 3.8) is 0 Å². The molecular formula is C7H11N3O2. The van der Waals surface area contributed by atoms with E-state index in [1.54, 1.807) is 13.8 Å². The SMILES string of the molecule is CCN(O)C(=O)c1cn[nH]c1C. The van der Waals surface area contributed by atoms with E-state index in [0.717, 1.165) is 0 Å². The van der Waals surface area contributed by atoms with Gasteiger partial charge in [-0.05, 0) is 13.8 Å². The van der Waals surface area contributed by atoms with Crippen LogP contribution in [0.2, 0.25) is 0 Å². The maximum Gasteiger partial charge on any atom is 0.280 e. The summed E-state index contributed by atoms with van der Waals surface area (Å²) in [5, 5.41) is 16.0. The monoisotopic (exact) mass is 169 g/mol. The summed E-state index contributed by atoms with van der Waals surface area (Å²) >= 11 is 0. The Morgan fingerprint density at radius 2 is 2.50 bits per heavy atom. The van der Waals surface area contributed by atoms with Crippen LogP contribution < -0.4 is 0 Å². The molecule has 0 radical (unpaired) electrons. The lowest BCUT2D eigenvalue weighted by Gasteiger charge is -2.10. The van der Waals surface area contributed by atoms with E-state index in [1.165, 1.54) is 6.20 Å². The fourth-order valence-electron chi connectivity index (χ4n) is 0.849. The molecule has 0 unspecified atom stereocenters. The first kappa shape index (κ1) is 8.73. The quantitative estimate of drug-likeness (QED) is 0.502. The van der Waals surface area contributed by atoms with Gasteiger partial charge in [0.15, 0.2) is 0 Å². The Bertz CT molecular complexity index is 282. The van der Waals surface area contributed by atoms with Gasteiger partial charge in [-0.15, -0.1) is 0 Å². The minimum Gasteiger partial charge on any atom is -0.286 e. The Morgan fingerprint density at radius 1 is 1.83 bits per heavy atom. The topological polar surface area (TPSA) is 69.2 Å². The van der Waals surface area contributed by atoms with Gasteiger partial charge in [0.25, 0.3) is 5.91 Å². The summed E-state index contributed by atoms with van der Waals surface area (Å²) in [5.41, 5.74) is 1.06. The maximum absolute atomic E-state index is 11.3. The summed E-state index contributed by atoms with van der Waals surface area (Å²) in [7, 11) is 0. The second-order valence-corrected chi connectivity index (χ2v) is 2.43. The third-order valence-corrected chi connectivity index (χ3v) is 1.59. The number of carbonyl (C=O) groups excluding carboxylic acids is 1. The van der Waals surface area contributed by atoms with Crippen molar-refractivity contribution in [1.29, 1.82) is 0 Å². The van der Waals surface area contributed by atoms with Crippen LogP contribution in [0, 0.1) is 6.92 Å². The number of amides is 1. The first-order valence-corrected chi connectivity index (χ1v) is 3.67. The Labute approximate surface area is 70.0 Å². The second kappa shape index (κ2) is 3.36. The highest BCUT2D eigenvalue weighted by Gasteiger charge is 2.15. The van der Waals surface area contributed by atoms with Crippen molar-refractivity contribution in [2.24, 2.45) is 0 Å². The fourth-order valence-corrected chi connectivity index (χ4v) is 0.849. The number of aromatic amines is 1. The molecule has 0 saturated carbocycles. The largest absolute Gasteiger partial charge is 0.286 e. The van der Waals surface area contributed by atoms with E-state index in [9.17, 15) is 4.79 Å². The molecule has 66 valence electrons. The molecular weight excluding hydrogens is 158 g/mol. The Balaban J connectivity index is 2.85. The molecule has 0 aliphatic heterocycles. The zero-order valence-electron chi connectivity index (χ0n) is 7.03. The fraction of sp³-hybridized carbons (Fsp3) is 0.429. The van der Waals surface area contributed by atoms with Gasteiger partial charge in [0, 0.05) is 12.2 Å². The number of hydrogen-bond donors (Lipinski definition) is 2. The van der Waals surface area contributed by atoms with E-state index in [4.69, 9.17) is 5.21 Å². The molecule has 2 N–H and O–H groups in total. The van der Waals surface area contributed by atoms with Crippen LogP contribution in [0.3, 0.4) is 0 Å². The molecule has 1 amide bonds. The molecule has 0 atom stereocenters. The molecule has 5 heteroatoms. The predicted octanol–water partition coefficient (Wildman–Crippen LogP) is 0.569. The molecule has 1 heterocycles. The van der Waals surface area contributed by atoms with Crippen molar-refractivity contribution in [3.8, 4) is 0 Å². The molecule has 0 fully saturated rings. The highest BCUT2D eigenvalue weighted by molar-refractivity contribution is 5.94. The number of nitrogens with one attached hydrogen (secondary N) is 1. The normalized spacial score (nSPS) is 9.92. The minimum absolute atomic E-state index is 0.267. The molecule has 1 rings (SSSR count). The first-order valence-electron chi connectivity index (χ1n) is 3.67. The number of hydrogen-bond acceptors (Lipinski definition) is 3. The zero-order chi connectivity index (χ0) is 9.14. The molecule has 1 aromatic rings.